The van der Waals surface area contributed by atoms with Crippen molar-refractivity contribution in [2.75, 3.05) is 11.9 Å². The zero-order chi connectivity index (χ0) is 11.5. The molecule has 88 valence electrons. The molecule has 0 bridgehead atoms. The Bertz CT molecular complexity index is 380. The fraction of sp³-hybridized carbons (Fsp3) is 0.600. The van der Waals surface area contributed by atoms with Crippen LogP contribution in [0.25, 0.3) is 0 Å². The third kappa shape index (κ3) is 2.58. The van der Waals surface area contributed by atoms with Crippen LogP contribution in [0.1, 0.15) is 18.5 Å². The van der Waals surface area contributed by atoms with E-state index >= 15 is 0 Å². The summed E-state index contributed by atoms with van der Waals surface area (Å²) in [5, 5.41) is 5.28. The Morgan fingerprint density at radius 2 is 2.56 bits per heavy atom. The maximum Gasteiger partial charge on any atom is 0.255 e. The molecule has 1 fully saturated rings. The number of nitrogens with one attached hydrogen (secondary N) is 1. The molecule has 0 radical (unpaired) electrons. The van der Waals surface area contributed by atoms with Gasteiger partial charge in [-0.15, -0.1) is 11.3 Å². The Kier molecular flexibility index (Phi) is 3.52. The monoisotopic (exact) mass is 241 g/mol. The highest BCUT2D eigenvalue weighted by molar-refractivity contribution is 7.13. The van der Waals surface area contributed by atoms with Crippen LogP contribution in [0.5, 0.6) is 0 Å². The van der Waals surface area contributed by atoms with E-state index < -0.39 is 0 Å². The molecular formula is C10H15N3O2S. The molecule has 16 heavy (non-hydrogen) atoms. The number of amides is 1. The smallest absolute Gasteiger partial charge is 0.255 e. The van der Waals surface area contributed by atoms with E-state index in [2.05, 4.69) is 10.3 Å². The molecule has 2 heterocycles. The standard InChI is InChI=1S/C10H15N3O2S/c1-6-5-16-10(12-6)13-9(14)8-3-2-7(4-11)15-8/h5,7-8H,2-4,11H2,1H3,(H,12,13,14)/t7-,8+/m1/s1. The van der Waals surface area contributed by atoms with Gasteiger partial charge in [0.2, 0.25) is 0 Å². The summed E-state index contributed by atoms with van der Waals surface area (Å²) in [7, 11) is 0. The molecule has 1 saturated heterocycles. The Labute approximate surface area is 98.0 Å². The predicted molar refractivity (Wildman–Crippen MR) is 62.4 cm³/mol. The molecular weight excluding hydrogens is 226 g/mol. The number of hydrogen-bond donors (Lipinski definition) is 2. The quantitative estimate of drug-likeness (QED) is 0.824. The minimum atomic E-state index is -0.377. The molecule has 1 aromatic heterocycles. The van der Waals surface area contributed by atoms with Gasteiger partial charge >= 0.3 is 0 Å². The summed E-state index contributed by atoms with van der Waals surface area (Å²) in [6.07, 6.45) is 1.23. The zero-order valence-corrected chi connectivity index (χ0v) is 9.92. The van der Waals surface area contributed by atoms with Crippen molar-refractivity contribution in [2.45, 2.75) is 32.0 Å². The van der Waals surface area contributed by atoms with E-state index in [1.54, 1.807) is 0 Å². The molecule has 0 spiro atoms. The average Bonchev–Trinajstić information content (AvgIpc) is 2.87. The first-order valence-corrected chi connectivity index (χ1v) is 6.15. The van der Waals surface area contributed by atoms with Gasteiger partial charge in [-0.3, -0.25) is 10.1 Å². The van der Waals surface area contributed by atoms with Gasteiger partial charge in [-0.25, -0.2) is 4.98 Å². The van der Waals surface area contributed by atoms with Gasteiger partial charge in [-0.2, -0.15) is 0 Å². The molecule has 0 aliphatic carbocycles. The molecule has 2 rings (SSSR count). The zero-order valence-electron chi connectivity index (χ0n) is 9.10. The third-order valence-corrected chi connectivity index (χ3v) is 3.39. The average molecular weight is 241 g/mol. The number of aryl methyl sites for hydroxylation is 1. The van der Waals surface area contributed by atoms with Crippen LogP contribution < -0.4 is 11.1 Å². The largest absolute Gasteiger partial charge is 0.364 e. The van der Waals surface area contributed by atoms with Gasteiger partial charge in [0.1, 0.15) is 6.10 Å². The van der Waals surface area contributed by atoms with E-state index in [0.717, 1.165) is 18.5 Å². The molecule has 3 N–H and O–H groups in total. The summed E-state index contributed by atoms with van der Waals surface area (Å²) in [6.45, 7) is 2.36. The second kappa shape index (κ2) is 4.90. The lowest BCUT2D eigenvalue weighted by atomic mass is 10.2. The Balaban J connectivity index is 1.89. The Hall–Kier alpha value is -0.980. The van der Waals surface area contributed by atoms with Gasteiger partial charge in [0.05, 0.1) is 11.8 Å². The SMILES string of the molecule is Cc1csc(NC(=O)[C@@H]2CC[C@H](CN)O2)n1. The maximum absolute atomic E-state index is 11.8. The topological polar surface area (TPSA) is 77.2 Å². The van der Waals surface area contributed by atoms with Crippen LogP contribution in [0.4, 0.5) is 5.13 Å². The molecule has 0 unspecified atom stereocenters. The summed E-state index contributed by atoms with van der Waals surface area (Å²) in [5.41, 5.74) is 6.39. The summed E-state index contributed by atoms with van der Waals surface area (Å²) in [5.74, 6) is -0.120. The Morgan fingerprint density at radius 3 is 3.12 bits per heavy atom. The van der Waals surface area contributed by atoms with Crippen molar-refractivity contribution in [3.8, 4) is 0 Å². The van der Waals surface area contributed by atoms with E-state index in [0.29, 0.717) is 11.7 Å². The fourth-order valence-electron chi connectivity index (χ4n) is 1.67. The highest BCUT2D eigenvalue weighted by Crippen LogP contribution is 2.21. The molecule has 1 aromatic rings. The van der Waals surface area contributed by atoms with Gasteiger partial charge in [-0.1, -0.05) is 0 Å². The third-order valence-electron chi connectivity index (χ3n) is 2.51. The van der Waals surface area contributed by atoms with Gasteiger partial charge < -0.3 is 10.5 Å². The van der Waals surface area contributed by atoms with Crippen LogP contribution in [-0.4, -0.2) is 29.6 Å². The summed E-state index contributed by atoms with van der Waals surface area (Å²) >= 11 is 1.42. The van der Waals surface area contributed by atoms with E-state index in [4.69, 9.17) is 10.5 Å². The van der Waals surface area contributed by atoms with Gasteiger partial charge in [0.15, 0.2) is 5.13 Å². The van der Waals surface area contributed by atoms with Crippen molar-refractivity contribution >= 4 is 22.4 Å². The molecule has 1 amide bonds. The van der Waals surface area contributed by atoms with E-state index in [1.807, 2.05) is 12.3 Å². The number of carbonyl (C=O) groups is 1. The number of rotatable bonds is 3. The van der Waals surface area contributed by atoms with Crippen LogP contribution in [0.15, 0.2) is 5.38 Å². The minimum absolute atomic E-state index is 0.0220. The molecule has 2 atom stereocenters. The first-order chi connectivity index (χ1) is 7.69. The molecule has 1 aliphatic rings. The second-order valence-electron chi connectivity index (χ2n) is 3.84. The van der Waals surface area contributed by atoms with Crippen molar-refractivity contribution in [3.63, 3.8) is 0 Å². The van der Waals surface area contributed by atoms with Crippen LogP contribution in [0.2, 0.25) is 0 Å². The highest BCUT2D eigenvalue weighted by atomic mass is 32.1. The molecule has 5 nitrogen and oxygen atoms in total. The number of ether oxygens (including phenoxy) is 1. The lowest BCUT2D eigenvalue weighted by Gasteiger charge is -2.11. The number of anilines is 1. The summed E-state index contributed by atoms with van der Waals surface area (Å²) < 4.78 is 5.49. The summed E-state index contributed by atoms with van der Waals surface area (Å²) in [6, 6.07) is 0. The van der Waals surface area contributed by atoms with Crippen molar-refractivity contribution < 1.29 is 9.53 Å². The van der Waals surface area contributed by atoms with Crippen molar-refractivity contribution in [2.24, 2.45) is 5.73 Å². The number of carbonyl (C=O) groups excluding carboxylic acids is 1. The first kappa shape index (κ1) is 11.5. The lowest BCUT2D eigenvalue weighted by molar-refractivity contribution is -0.126. The first-order valence-electron chi connectivity index (χ1n) is 5.27. The van der Waals surface area contributed by atoms with E-state index in [9.17, 15) is 4.79 Å². The number of hydrogen-bond acceptors (Lipinski definition) is 5. The van der Waals surface area contributed by atoms with Crippen LogP contribution in [0.3, 0.4) is 0 Å². The van der Waals surface area contributed by atoms with Gasteiger partial charge in [0, 0.05) is 11.9 Å². The van der Waals surface area contributed by atoms with Crippen LogP contribution >= 0.6 is 11.3 Å². The fourth-order valence-corrected chi connectivity index (χ4v) is 2.36. The highest BCUT2D eigenvalue weighted by Gasteiger charge is 2.30. The maximum atomic E-state index is 11.8. The van der Waals surface area contributed by atoms with E-state index in [-0.39, 0.29) is 18.1 Å². The molecule has 0 aromatic carbocycles. The number of aromatic nitrogens is 1. The summed E-state index contributed by atoms with van der Waals surface area (Å²) in [4.78, 5) is 15.9. The number of nitrogens with zero attached hydrogens (tertiary/aromatic N) is 1. The van der Waals surface area contributed by atoms with Gasteiger partial charge in [-0.05, 0) is 19.8 Å². The normalized spacial score (nSPS) is 24.6. The lowest BCUT2D eigenvalue weighted by Crippen LogP contribution is -2.29. The number of thiazole rings is 1. The van der Waals surface area contributed by atoms with Crippen molar-refractivity contribution in [3.05, 3.63) is 11.1 Å². The Morgan fingerprint density at radius 1 is 1.75 bits per heavy atom. The van der Waals surface area contributed by atoms with Crippen molar-refractivity contribution in [1.82, 2.24) is 4.98 Å². The minimum Gasteiger partial charge on any atom is -0.364 e. The van der Waals surface area contributed by atoms with E-state index in [1.165, 1.54) is 11.3 Å². The molecule has 6 heteroatoms. The molecule has 1 aliphatic heterocycles. The van der Waals surface area contributed by atoms with Crippen molar-refractivity contribution in [1.29, 1.82) is 0 Å². The second-order valence-corrected chi connectivity index (χ2v) is 4.70. The van der Waals surface area contributed by atoms with Gasteiger partial charge in [0.25, 0.3) is 5.91 Å². The predicted octanol–water partition coefficient (Wildman–Crippen LogP) is 0.896. The van der Waals surface area contributed by atoms with Crippen LogP contribution in [0, 0.1) is 6.92 Å². The number of nitrogens with two attached hydrogens (primary N) is 1. The van der Waals surface area contributed by atoms with Crippen LogP contribution in [-0.2, 0) is 9.53 Å². The molecule has 0 saturated carbocycles.